The van der Waals surface area contributed by atoms with Crippen LogP contribution in [-0.2, 0) is 34.8 Å². The molecule has 40 heavy (non-hydrogen) atoms. The van der Waals surface area contributed by atoms with E-state index in [9.17, 15) is 13.8 Å². The minimum Gasteiger partial charge on any atom is -0.492 e. The summed E-state index contributed by atoms with van der Waals surface area (Å²) in [5.41, 5.74) is 4.51. The van der Waals surface area contributed by atoms with Gasteiger partial charge in [-0.2, -0.15) is 0 Å². The van der Waals surface area contributed by atoms with Crippen molar-refractivity contribution < 1.29 is 18.5 Å². The first-order valence-electron chi connectivity index (χ1n) is 13.6. The summed E-state index contributed by atoms with van der Waals surface area (Å²) in [5.74, 6) is 0.372. The van der Waals surface area contributed by atoms with E-state index in [2.05, 4.69) is 41.8 Å². The Bertz CT molecular complexity index is 1430. The standard InChI is InChI=1S/C30H41N5O4S/c1-8-26(36)35-14-12-34(13-15-35)19-21-11-9-10-20-16-25(33(5)27(20)21)29(37)31-23-17-22(30(2,3)4)18-24(28(23)39-6)32-40(7)38/h9-11,16-18,32H,8,12-15,19H2,1-7H3,(H,31,37). The van der Waals surface area contributed by atoms with Crippen LogP contribution in [0.25, 0.3) is 10.9 Å². The second-order valence-electron chi connectivity index (χ2n) is 11.3. The van der Waals surface area contributed by atoms with Gasteiger partial charge in [0.15, 0.2) is 5.75 Å². The second-order valence-corrected chi connectivity index (χ2v) is 12.4. The average molecular weight is 568 g/mol. The lowest BCUT2D eigenvalue weighted by molar-refractivity contribution is -0.132. The number of carbonyl (C=O) groups excluding carboxylic acids is 2. The quantitative estimate of drug-likeness (QED) is 0.418. The molecule has 1 unspecified atom stereocenters. The average Bonchev–Trinajstić information content (AvgIpc) is 3.25. The fourth-order valence-electron chi connectivity index (χ4n) is 5.26. The van der Waals surface area contributed by atoms with E-state index in [1.807, 2.05) is 53.8 Å². The number of carbonyl (C=O) groups is 2. The highest BCUT2D eigenvalue weighted by molar-refractivity contribution is 7.85. The van der Waals surface area contributed by atoms with E-state index in [4.69, 9.17) is 4.74 Å². The minimum atomic E-state index is -1.32. The van der Waals surface area contributed by atoms with Crippen LogP contribution in [0.2, 0.25) is 0 Å². The van der Waals surface area contributed by atoms with Gasteiger partial charge in [0, 0.05) is 57.8 Å². The van der Waals surface area contributed by atoms with Crippen molar-refractivity contribution in [3.05, 3.63) is 53.2 Å². The lowest BCUT2D eigenvalue weighted by Gasteiger charge is -2.34. The molecule has 2 amide bonds. The van der Waals surface area contributed by atoms with Crippen LogP contribution in [0.5, 0.6) is 5.75 Å². The van der Waals surface area contributed by atoms with Crippen molar-refractivity contribution in [3.63, 3.8) is 0 Å². The largest absolute Gasteiger partial charge is 0.492 e. The molecule has 2 N–H and O–H groups in total. The molecule has 0 radical (unpaired) electrons. The summed E-state index contributed by atoms with van der Waals surface area (Å²) in [6.45, 7) is 12.0. The van der Waals surface area contributed by atoms with Crippen LogP contribution < -0.4 is 14.8 Å². The number of hydrogen-bond donors (Lipinski definition) is 2. The highest BCUT2D eigenvalue weighted by atomic mass is 32.2. The number of amides is 2. The summed E-state index contributed by atoms with van der Waals surface area (Å²) in [6.07, 6.45) is 2.09. The predicted octanol–water partition coefficient (Wildman–Crippen LogP) is 4.50. The predicted molar refractivity (Wildman–Crippen MR) is 162 cm³/mol. The third kappa shape index (κ3) is 6.33. The van der Waals surface area contributed by atoms with Gasteiger partial charge in [-0.05, 0) is 34.7 Å². The highest BCUT2D eigenvalue weighted by Crippen LogP contribution is 2.39. The molecule has 0 aliphatic carbocycles. The van der Waals surface area contributed by atoms with E-state index in [1.165, 1.54) is 7.11 Å². The molecule has 1 aromatic heterocycles. The summed E-state index contributed by atoms with van der Waals surface area (Å²) < 4.78 is 22.6. The van der Waals surface area contributed by atoms with Crippen molar-refractivity contribution in [3.8, 4) is 5.75 Å². The molecule has 3 aromatic rings. The van der Waals surface area contributed by atoms with Gasteiger partial charge in [0.05, 0.1) is 24.0 Å². The Balaban J connectivity index is 1.63. The SMILES string of the molecule is CCC(=O)N1CCN(Cc2cccc3cc(C(=O)Nc4cc(C(C)(C)C)cc(NS(C)=O)c4OC)n(C)c23)CC1. The number of piperazine rings is 1. The smallest absolute Gasteiger partial charge is 0.272 e. The number of anilines is 2. The minimum absolute atomic E-state index is 0.204. The summed E-state index contributed by atoms with van der Waals surface area (Å²) in [7, 11) is 2.13. The molecular weight excluding hydrogens is 526 g/mol. The summed E-state index contributed by atoms with van der Waals surface area (Å²) in [6, 6.07) is 11.9. The number of benzene rings is 2. The number of para-hydroxylation sites is 1. The second kappa shape index (κ2) is 12.0. The van der Waals surface area contributed by atoms with Gasteiger partial charge in [-0.1, -0.05) is 45.9 Å². The molecule has 2 heterocycles. The van der Waals surface area contributed by atoms with Crippen molar-refractivity contribution in [2.45, 2.75) is 46.1 Å². The van der Waals surface area contributed by atoms with Crippen LogP contribution in [0.15, 0.2) is 36.4 Å². The van der Waals surface area contributed by atoms with E-state index in [0.717, 1.165) is 54.8 Å². The molecule has 1 saturated heterocycles. The number of aryl methyl sites for hydroxylation is 1. The number of aromatic nitrogens is 1. The Hall–Kier alpha value is -3.37. The number of nitrogens with one attached hydrogen (secondary N) is 2. The fraction of sp³-hybridized carbons (Fsp3) is 0.467. The van der Waals surface area contributed by atoms with Gasteiger partial charge in [-0.3, -0.25) is 14.5 Å². The van der Waals surface area contributed by atoms with E-state index in [-0.39, 0.29) is 17.2 Å². The van der Waals surface area contributed by atoms with Crippen LogP contribution in [-0.4, -0.2) is 69.9 Å². The number of fused-ring (bicyclic) bond motifs is 1. The third-order valence-corrected chi connectivity index (χ3v) is 7.96. The number of nitrogens with zero attached hydrogens (tertiary/aromatic N) is 3. The molecular formula is C30H41N5O4S. The van der Waals surface area contributed by atoms with E-state index in [0.29, 0.717) is 29.2 Å². The number of rotatable bonds is 8. The maximum absolute atomic E-state index is 13.7. The molecule has 1 aliphatic rings. The summed E-state index contributed by atoms with van der Waals surface area (Å²) in [4.78, 5) is 30.0. The molecule has 9 nitrogen and oxygen atoms in total. The van der Waals surface area contributed by atoms with Crippen LogP contribution in [0.1, 0.15) is 55.7 Å². The van der Waals surface area contributed by atoms with Gasteiger partial charge in [0.1, 0.15) is 16.7 Å². The molecule has 0 spiro atoms. The van der Waals surface area contributed by atoms with Crippen LogP contribution in [0.3, 0.4) is 0 Å². The lowest BCUT2D eigenvalue weighted by Crippen LogP contribution is -2.48. The Labute approximate surface area is 239 Å². The molecule has 1 fully saturated rings. The first-order chi connectivity index (χ1) is 18.9. The van der Waals surface area contributed by atoms with Crippen molar-refractivity contribution in [1.82, 2.24) is 14.4 Å². The lowest BCUT2D eigenvalue weighted by atomic mass is 9.86. The molecule has 1 aliphatic heterocycles. The fourth-order valence-corrected chi connectivity index (χ4v) is 5.72. The zero-order valence-corrected chi connectivity index (χ0v) is 25.4. The molecule has 1 atom stereocenters. The maximum atomic E-state index is 13.7. The molecule has 216 valence electrons. The van der Waals surface area contributed by atoms with Crippen LogP contribution in [0.4, 0.5) is 11.4 Å². The Morgan fingerprint density at radius 2 is 1.73 bits per heavy atom. The van der Waals surface area contributed by atoms with Crippen molar-refractivity contribution in [2.24, 2.45) is 7.05 Å². The van der Waals surface area contributed by atoms with Gasteiger partial charge < -0.3 is 24.2 Å². The van der Waals surface area contributed by atoms with Crippen LogP contribution in [0, 0.1) is 0 Å². The number of ether oxygens (including phenoxy) is 1. The Morgan fingerprint density at radius 1 is 1.05 bits per heavy atom. The zero-order chi connectivity index (χ0) is 29.2. The normalized spacial score (nSPS) is 15.2. The van der Waals surface area contributed by atoms with Crippen molar-refractivity contribution in [2.75, 3.05) is 49.6 Å². The molecule has 10 heteroatoms. The monoisotopic (exact) mass is 567 g/mol. The van der Waals surface area contributed by atoms with E-state index >= 15 is 0 Å². The summed E-state index contributed by atoms with van der Waals surface area (Å²) >= 11 is 0. The number of hydrogen-bond acceptors (Lipinski definition) is 5. The first kappa shape index (κ1) is 29.6. The van der Waals surface area contributed by atoms with E-state index < -0.39 is 11.0 Å². The molecule has 0 saturated carbocycles. The van der Waals surface area contributed by atoms with Crippen molar-refractivity contribution in [1.29, 1.82) is 0 Å². The van der Waals surface area contributed by atoms with Crippen molar-refractivity contribution >= 4 is 45.1 Å². The van der Waals surface area contributed by atoms with E-state index in [1.54, 1.807) is 6.26 Å². The van der Waals surface area contributed by atoms with Crippen LogP contribution >= 0.6 is 0 Å². The van der Waals surface area contributed by atoms with Gasteiger partial charge in [-0.25, -0.2) is 4.21 Å². The topological polar surface area (TPSA) is 95.9 Å². The van der Waals surface area contributed by atoms with Gasteiger partial charge >= 0.3 is 0 Å². The van der Waals surface area contributed by atoms with Gasteiger partial charge in [0.2, 0.25) is 5.91 Å². The molecule has 2 aromatic carbocycles. The molecule has 0 bridgehead atoms. The molecule has 4 rings (SSSR count). The zero-order valence-electron chi connectivity index (χ0n) is 24.6. The van der Waals surface area contributed by atoms with Gasteiger partial charge in [-0.15, -0.1) is 0 Å². The number of methoxy groups -OCH3 is 1. The summed E-state index contributed by atoms with van der Waals surface area (Å²) in [5, 5.41) is 4.05. The first-order valence-corrected chi connectivity index (χ1v) is 15.2. The maximum Gasteiger partial charge on any atom is 0.272 e. The Kier molecular flexibility index (Phi) is 8.90. The van der Waals surface area contributed by atoms with Gasteiger partial charge in [0.25, 0.3) is 5.91 Å². The highest BCUT2D eigenvalue weighted by Gasteiger charge is 2.24. The third-order valence-electron chi connectivity index (χ3n) is 7.45. The Morgan fingerprint density at radius 3 is 2.33 bits per heavy atom.